The smallest absolute Gasteiger partial charge is 0.220 e. The van der Waals surface area contributed by atoms with Crippen LogP contribution in [0.2, 0.25) is 0 Å². The molecule has 3 nitrogen and oxygen atoms in total. The van der Waals surface area contributed by atoms with Gasteiger partial charge in [0.05, 0.1) is 0 Å². The van der Waals surface area contributed by atoms with Crippen LogP contribution >= 0.6 is 0 Å². The highest BCUT2D eigenvalue weighted by Gasteiger charge is 2.20. The summed E-state index contributed by atoms with van der Waals surface area (Å²) in [5.41, 5.74) is 7.17. The number of carbonyl (C=O) groups is 1. The van der Waals surface area contributed by atoms with E-state index in [9.17, 15) is 4.79 Å². The van der Waals surface area contributed by atoms with Gasteiger partial charge < -0.3 is 11.1 Å². The summed E-state index contributed by atoms with van der Waals surface area (Å²) in [6.07, 6.45) is 6.38. The molecule has 0 spiro atoms. The Morgan fingerprint density at radius 3 is 2.74 bits per heavy atom. The summed E-state index contributed by atoms with van der Waals surface area (Å²) in [5.74, 6) is 1.07. The van der Waals surface area contributed by atoms with Crippen molar-refractivity contribution >= 4 is 5.91 Å². The molecule has 1 fully saturated rings. The fourth-order valence-corrected chi connectivity index (χ4v) is 2.27. The van der Waals surface area contributed by atoms with Crippen molar-refractivity contribution in [2.45, 2.75) is 44.6 Å². The van der Waals surface area contributed by atoms with Crippen molar-refractivity contribution in [3.05, 3.63) is 35.9 Å². The average Bonchev–Trinajstić information content (AvgIpc) is 3.26. The number of hydrogen-bond acceptors (Lipinski definition) is 2. The van der Waals surface area contributed by atoms with Gasteiger partial charge in [0.2, 0.25) is 5.91 Å². The van der Waals surface area contributed by atoms with Crippen LogP contribution < -0.4 is 11.1 Å². The molecule has 0 aliphatic heterocycles. The quantitative estimate of drug-likeness (QED) is 0.706. The van der Waals surface area contributed by atoms with Crippen molar-refractivity contribution < 1.29 is 4.79 Å². The van der Waals surface area contributed by atoms with Crippen molar-refractivity contribution in [1.29, 1.82) is 0 Å². The molecule has 0 heterocycles. The lowest BCUT2D eigenvalue weighted by Gasteiger charge is -2.11. The monoisotopic (exact) mass is 260 g/mol. The molecule has 1 unspecified atom stereocenters. The van der Waals surface area contributed by atoms with Crippen LogP contribution in [0.1, 0.15) is 50.1 Å². The Balaban J connectivity index is 1.57. The number of amides is 1. The summed E-state index contributed by atoms with van der Waals surface area (Å²) < 4.78 is 0. The Hall–Kier alpha value is -1.35. The average molecular weight is 260 g/mol. The van der Waals surface area contributed by atoms with Crippen LogP contribution in [-0.4, -0.2) is 12.5 Å². The van der Waals surface area contributed by atoms with E-state index in [2.05, 4.69) is 5.32 Å². The number of nitrogens with two attached hydrogens (primary N) is 1. The van der Waals surface area contributed by atoms with Gasteiger partial charge in [-0.05, 0) is 30.7 Å². The predicted octanol–water partition coefficient (Wildman–Crippen LogP) is 2.77. The molecule has 1 aromatic carbocycles. The first-order valence-corrected chi connectivity index (χ1v) is 7.33. The van der Waals surface area contributed by atoms with Gasteiger partial charge in [-0.25, -0.2) is 0 Å². The molecule has 2 rings (SSSR count). The van der Waals surface area contributed by atoms with Gasteiger partial charge in [-0.1, -0.05) is 43.2 Å². The summed E-state index contributed by atoms with van der Waals surface area (Å²) >= 11 is 0. The van der Waals surface area contributed by atoms with Crippen molar-refractivity contribution in [2.75, 3.05) is 6.54 Å². The van der Waals surface area contributed by atoms with E-state index >= 15 is 0 Å². The molecule has 1 amide bonds. The van der Waals surface area contributed by atoms with E-state index in [4.69, 9.17) is 5.73 Å². The molecule has 1 atom stereocenters. The van der Waals surface area contributed by atoms with E-state index in [0.29, 0.717) is 12.8 Å². The highest BCUT2D eigenvalue weighted by molar-refractivity contribution is 5.75. The molecular weight excluding hydrogens is 236 g/mol. The van der Waals surface area contributed by atoms with Crippen molar-refractivity contribution in [1.82, 2.24) is 5.32 Å². The van der Waals surface area contributed by atoms with E-state index in [1.165, 1.54) is 19.3 Å². The minimum absolute atomic E-state index is 0.0431. The first-order valence-electron chi connectivity index (χ1n) is 7.33. The van der Waals surface area contributed by atoms with E-state index in [1.54, 1.807) is 0 Å². The fourth-order valence-electron chi connectivity index (χ4n) is 2.27. The standard InChI is InChI=1S/C16H24N2O/c17-15(14-6-2-1-3-7-14)10-11-16(19)18-12-4-5-13-8-9-13/h1-3,6-7,13,15H,4-5,8-12,17H2,(H,18,19). The molecule has 3 N–H and O–H groups in total. The van der Waals surface area contributed by atoms with Crippen LogP contribution in [0.15, 0.2) is 30.3 Å². The maximum Gasteiger partial charge on any atom is 0.220 e. The van der Waals surface area contributed by atoms with Gasteiger partial charge in [0.25, 0.3) is 0 Å². The molecule has 3 heteroatoms. The van der Waals surface area contributed by atoms with Gasteiger partial charge in [-0.15, -0.1) is 0 Å². The van der Waals surface area contributed by atoms with Crippen LogP contribution in [-0.2, 0) is 4.79 Å². The van der Waals surface area contributed by atoms with Crippen LogP contribution in [0.4, 0.5) is 0 Å². The van der Waals surface area contributed by atoms with Crippen molar-refractivity contribution in [3.63, 3.8) is 0 Å². The summed E-state index contributed by atoms with van der Waals surface area (Å²) in [6.45, 7) is 0.815. The number of nitrogens with one attached hydrogen (secondary N) is 1. The Bertz CT molecular complexity index is 387. The molecule has 0 radical (unpaired) electrons. The zero-order valence-electron chi connectivity index (χ0n) is 11.5. The molecule has 104 valence electrons. The molecular formula is C16H24N2O. The second kappa shape index (κ2) is 7.29. The van der Waals surface area contributed by atoms with Crippen LogP contribution in [0.25, 0.3) is 0 Å². The Morgan fingerprint density at radius 1 is 1.32 bits per heavy atom. The largest absolute Gasteiger partial charge is 0.356 e. The summed E-state index contributed by atoms with van der Waals surface area (Å²) in [6, 6.07) is 9.91. The SMILES string of the molecule is NC(CCC(=O)NCCCC1CC1)c1ccccc1. The topological polar surface area (TPSA) is 55.1 Å². The third-order valence-corrected chi connectivity index (χ3v) is 3.72. The van der Waals surface area contributed by atoms with Gasteiger partial charge >= 0.3 is 0 Å². The fraction of sp³-hybridized carbons (Fsp3) is 0.562. The molecule has 1 saturated carbocycles. The van der Waals surface area contributed by atoms with Gasteiger partial charge in [0, 0.05) is 19.0 Å². The second-order valence-electron chi connectivity index (χ2n) is 5.49. The lowest BCUT2D eigenvalue weighted by Crippen LogP contribution is -2.25. The molecule has 0 bridgehead atoms. The molecule has 0 aromatic heterocycles. The molecule has 1 aliphatic carbocycles. The minimum Gasteiger partial charge on any atom is -0.356 e. The summed E-state index contributed by atoms with van der Waals surface area (Å²) in [5, 5.41) is 2.98. The third-order valence-electron chi connectivity index (χ3n) is 3.72. The number of rotatable bonds is 8. The van der Waals surface area contributed by atoms with Crippen LogP contribution in [0.3, 0.4) is 0 Å². The lowest BCUT2D eigenvalue weighted by molar-refractivity contribution is -0.121. The molecule has 0 saturated heterocycles. The highest BCUT2D eigenvalue weighted by Crippen LogP contribution is 2.33. The molecule has 1 aromatic rings. The summed E-state index contributed by atoms with van der Waals surface area (Å²) in [7, 11) is 0. The molecule has 1 aliphatic rings. The first-order chi connectivity index (χ1) is 9.25. The first kappa shape index (κ1) is 14.1. The van der Waals surface area contributed by atoms with Crippen molar-refractivity contribution in [3.8, 4) is 0 Å². The van der Waals surface area contributed by atoms with Gasteiger partial charge in [-0.3, -0.25) is 4.79 Å². The van der Waals surface area contributed by atoms with E-state index < -0.39 is 0 Å². The van der Waals surface area contributed by atoms with E-state index in [1.807, 2.05) is 30.3 Å². The zero-order chi connectivity index (χ0) is 13.5. The minimum atomic E-state index is -0.0431. The third kappa shape index (κ3) is 5.43. The maximum atomic E-state index is 11.7. The number of benzene rings is 1. The summed E-state index contributed by atoms with van der Waals surface area (Å²) in [4.78, 5) is 11.7. The van der Waals surface area contributed by atoms with E-state index in [0.717, 1.165) is 24.4 Å². The highest BCUT2D eigenvalue weighted by atomic mass is 16.1. The Kier molecular flexibility index (Phi) is 5.40. The van der Waals surface area contributed by atoms with Crippen LogP contribution in [0, 0.1) is 5.92 Å². The van der Waals surface area contributed by atoms with Crippen LogP contribution in [0.5, 0.6) is 0 Å². The maximum absolute atomic E-state index is 11.7. The second-order valence-corrected chi connectivity index (χ2v) is 5.49. The number of hydrogen-bond donors (Lipinski definition) is 2. The zero-order valence-corrected chi connectivity index (χ0v) is 11.5. The predicted molar refractivity (Wildman–Crippen MR) is 77.6 cm³/mol. The van der Waals surface area contributed by atoms with Gasteiger partial charge in [0.1, 0.15) is 0 Å². The normalized spacial score (nSPS) is 16.1. The van der Waals surface area contributed by atoms with Gasteiger partial charge in [-0.2, -0.15) is 0 Å². The van der Waals surface area contributed by atoms with E-state index in [-0.39, 0.29) is 11.9 Å². The lowest BCUT2D eigenvalue weighted by atomic mass is 10.0. The van der Waals surface area contributed by atoms with Crippen molar-refractivity contribution in [2.24, 2.45) is 11.7 Å². The number of carbonyl (C=O) groups excluding carboxylic acids is 1. The Labute approximate surface area is 115 Å². The van der Waals surface area contributed by atoms with Gasteiger partial charge in [0.15, 0.2) is 0 Å². The molecule has 19 heavy (non-hydrogen) atoms. The Morgan fingerprint density at radius 2 is 2.05 bits per heavy atom.